The summed E-state index contributed by atoms with van der Waals surface area (Å²) in [4.78, 5) is 25.8. The maximum Gasteiger partial charge on any atom is 0.243 e. The first-order chi connectivity index (χ1) is 8.91. The third-order valence-electron chi connectivity index (χ3n) is 3.49. The van der Waals surface area contributed by atoms with Crippen LogP contribution in [0.2, 0.25) is 0 Å². The summed E-state index contributed by atoms with van der Waals surface area (Å²) in [5, 5.41) is 2.64. The van der Waals surface area contributed by atoms with Crippen LogP contribution in [-0.2, 0) is 9.59 Å². The SMILES string of the molecule is Cc1ccc(C(C)N2C(=O)CNC(=O)C2C(C)C)o1. The van der Waals surface area contributed by atoms with Crippen LogP contribution in [0.3, 0.4) is 0 Å². The number of nitrogens with zero attached hydrogens (tertiary/aromatic N) is 1. The topological polar surface area (TPSA) is 62.6 Å². The number of carbonyl (C=O) groups is 2. The lowest BCUT2D eigenvalue weighted by molar-refractivity contribution is -0.150. The van der Waals surface area contributed by atoms with Crippen molar-refractivity contribution in [3.05, 3.63) is 23.7 Å². The second kappa shape index (κ2) is 5.07. The Balaban J connectivity index is 2.32. The molecule has 1 aliphatic rings. The minimum absolute atomic E-state index is 0.0581. The summed E-state index contributed by atoms with van der Waals surface area (Å²) in [7, 11) is 0. The first-order valence-electron chi connectivity index (χ1n) is 6.57. The molecule has 1 N–H and O–H groups in total. The smallest absolute Gasteiger partial charge is 0.243 e. The molecule has 0 spiro atoms. The summed E-state index contributed by atoms with van der Waals surface area (Å²) < 4.78 is 5.58. The van der Waals surface area contributed by atoms with E-state index in [0.29, 0.717) is 5.76 Å². The van der Waals surface area contributed by atoms with Gasteiger partial charge < -0.3 is 14.6 Å². The summed E-state index contributed by atoms with van der Waals surface area (Å²) in [5.41, 5.74) is 0. The van der Waals surface area contributed by atoms with Crippen LogP contribution >= 0.6 is 0 Å². The number of hydrogen-bond donors (Lipinski definition) is 1. The average molecular weight is 264 g/mol. The lowest BCUT2D eigenvalue weighted by Crippen LogP contribution is -2.60. The van der Waals surface area contributed by atoms with Gasteiger partial charge in [0.2, 0.25) is 11.8 Å². The molecule has 1 aromatic rings. The van der Waals surface area contributed by atoms with Crippen LogP contribution in [0.4, 0.5) is 0 Å². The normalized spacial score (nSPS) is 21.7. The van der Waals surface area contributed by atoms with Crippen molar-refractivity contribution < 1.29 is 14.0 Å². The maximum atomic E-state index is 12.1. The Hall–Kier alpha value is -1.78. The lowest BCUT2D eigenvalue weighted by Gasteiger charge is -2.40. The third-order valence-corrected chi connectivity index (χ3v) is 3.49. The number of amides is 2. The molecule has 1 fully saturated rings. The van der Waals surface area contributed by atoms with Crippen LogP contribution in [0.5, 0.6) is 0 Å². The van der Waals surface area contributed by atoms with Gasteiger partial charge in [0.1, 0.15) is 17.6 Å². The number of nitrogens with one attached hydrogen (secondary N) is 1. The van der Waals surface area contributed by atoms with Gasteiger partial charge >= 0.3 is 0 Å². The number of hydrogen-bond acceptors (Lipinski definition) is 3. The van der Waals surface area contributed by atoms with E-state index >= 15 is 0 Å². The Bertz CT molecular complexity index is 493. The predicted molar refractivity (Wildman–Crippen MR) is 70.3 cm³/mol. The predicted octanol–water partition coefficient (Wildman–Crippen LogP) is 1.63. The summed E-state index contributed by atoms with van der Waals surface area (Å²) in [6, 6.07) is 3.04. The van der Waals surface area contributed by atoms with Crippen molar-refractivity contribution in [3.63, 3.8) is 0 Å². The Kier molecular flexibility index (Phi) is 3.64. The minimum Gasteiger partial charge on any atom is -0.464 e. The molecule has 0 bridgehead atoms. The fourth-order valence-electron chi connectivity index (χ4n) is 2.54. The molecule has 104 valence electrons. The van der Waals surface area contributed by atoms with Crippen LogP contribution in [-0.4, -0.2) is 29.3 Å². The zero-order valence-electron chi connectivity index (χ0n) is 11.8. The zero-order chi connectivity index (χ0) is 14.2. The van der Waals surface area contributed by atoms with E-state index in [2.05, 4.69) is 5.32 Å². The number of carbonyl (C=O) groups excluding carboxylic acids is 2. The van der Waals surface area contributed by atoms with Crippen molar-refractivity contribution in [1.82, 2.24) is 10.2 Å². The lowest BCUT2D eigenvalue weighted by atomic mass is 9.97. The third kappa shape index (κ3) is 2.50. The van der Waals surface area contributed by atoms with Crippen molar-refractivity contribution in [1.29, 1.82) is 0 Å². The molecule has 0 saturated carbocycles. The van der Waals surface area contributed by atoms with Gasteiger partial charge in [-0.15, -0.1) is 0 Å². The number of aryl methyl sites for hydroxylation is 1. The van der Waals surface area contributed by atoms with E-state index in [4.69, 9.17) is 4.42 Å². The molecule has 2 unspecified atom stereocenters. The van der Waals surface area contributed by atoms with E-state index in [1.165, 1.54) is 0 Å². The maximum absolute atomic E-state index is 12.1. The van der Waals surface area contributed by atoms with Gasteiger partial charge in [-0.3, -0.25) is 9.59 Å². The molecule has 5 nitrogen and oxygen atoms in total. The molecule has 0 aliphatic carbocycles. The Morgan fingerprint density at radius 1 is 1.32 bits per heavy atom. The molecular formula is C14H20N2O3. The van der Waals surface area contributed by atoms with Crippen molar-refractivity contribution in [2.24, 2.45) is 5.92 Å². The molecule has 0 radical (unpaired) electrons. The van der Waals surface area contributed by atoms with Gasteiger partial charge in [-0.25, -0.2) is 0 Å². The van der Waals surface area contributed by atoms with E-state index in [-0.39, 0.29) is 30.3 Å². The fourth-order valence-corrected chi connectivity index (χ4v) is 2.54. The van der Waals surface area contributed by atoms with Crippen molar-refractivity contribution in [2.45, 2.75) is 39.8 Å². The molecule has 0 aromatic carbocycles. The van der Waals surface area contributed by atoms with Gasteiger partial charge in [-0.1, -0.05) is 13.8 Å². The molecule has 2 heterocycles. The highest BCUT2D eigenvalue weighted by Gasteiger charge is 2.40. The standard InChI is InChI=1S/C14H20N2O3/c1-8(2)13-14(18)15-7-12(17)16(13)10(4)11-6-5-9(3)19-11/h5-6,8,10,13H,7H2,1-4H3,(H,15,18). The van der Waals surface area contributed by atoms with Crippen LogP contribution in [0.25, 0.3) is 0 Å². The summed E-state index contributed by atoms with van der Waals surface area (Å²) in [5.74, 6) is 1.41. The molecule has 1 saturated heterocycles. The molecule has 1 aromatic heterocycles. The highest BCUT2D eigenvalue weighted by molar-refractivity contribution is 5.95. The molecular weight excluding hydrogens is 244 g/mol. The van der Waals surface area contributed by atoms with Gasteiger partial charge in [0.25, 0.3) is 0 Å². The van der Waals surface area contributed by atoms with Crippen molar-refractivity contribution >= 4 is 11.8 Å². The Morgan fingerprint density at radius 2 is 2.00 bits per heavy atom. The second-order valence-corrected chi connectivity index (χ2v) is 5.33. The Morgan fingerprint density at radius 3 is 2.53 bits per heavy atom. The van der Waals surface area contributed by atoms with Crippen LogP contribution in [0.1, 0.15) is 38.3 Å². The first-order valence-corrected chi connectivity index (χ1v) is 6.57. The average Bonchev–Trinajstić information content (AvgIpc) is 2.77. The van der Waals surface area contributed by atoms with Crippen molar-refractivity contribution in [2.75, 3.05) is 6.54 Å². The van der Waals surface area contributed by atoms with Gasteiger partial charge in [0.05, 0.1) is 12.6 Å². The van der Waals surface area contributed by atoms with E-state index in [9.17, 15) is 9.59 Å². The largest absolute Gasteiger partial charge is 0.464 e. The fraction of sp³-hybridized carbons (Fsp3) is 0.571. The highest BCUT2D eigenvalue weighted by Crippen LogP contribution is 2.28. The van der Waals surface area contributed by atoms with Crippen molar-refractivity contribution in [3.8, 4) is 0 Å². The van der Waals surface area contributed by atoms with Gasteiger partial charge in [0.15, 0.2) is 0 Å². The quantitative estimate of drug-likeness (QED) is 0.902. The number of piperazine rings is 1. The van der Waals surface area contributed by atoms with E-state index in [1.54, 1.807) is 4.90 Å². The summed E-state index contributed by atoms with van der Waals surface area (Å²) >= 11 is 0. The number of furan rings is 1. The second-order valence-electron chi connectivity index (χ2n) is 5.33. The van der Waals surface area contributed by atoms with Gasteiger partial charge in [-0.05, 0) is 31.9 Å². The molecule has 5 heteroatoms. The van der Waals surface area contributed by atoms with Gasteiger partial charge in [-0.2, -0.15) is 0 Å². The van der Waals surface area contributed by atoms with Crippen LogP contribution < -0.4 is 5.32 Å². The van der Waals surface area contributed by atoms with E-state index < -0.39 is 6.04 Å². The molecule has 2 amide bonds. The molecule has 2 rings (SSSR count). The Labute approximate surface area is 113 Å². The van der Waals surface area contributed by atoms with Gasteiger partial charge in [0, 0.05) is 0 Å². The van der Waals surface area contributed by atoms with Crippen LogP contribution in [0.15, 0.2) is 16.5 Å². The highest BCUT2D eigenvalue weighted by atomic mass is 16.3. The summed E-state index contributed by atoms with van der Waals surface area (Å²) in [6.45, 7) is 7.70. The monoisotopic (exact) mass is 264 g/mol. The first kappa shape index (κ1) is 13.6. The molecule has 1 aliphatic heterocycles. The summed E-state index contributed by atoms with van der Waals surface area (Å²) in [6.07, 6.45) is 0. The van der Waals surface area contributed by atoms with E-state index in [1.807, 2.05) is 39.8 Å². The zero-order valence-corrected chi connectivity index (χ0v) is 11.8. The van der Waals surface area contributed by atoms with Crippen LogP contribution in [0, 0.1) is 12.8 Å². The number of rotatable bonds is 3. The molecule has 2 atom stereocenters. The minimum atomic E-state index is -0.443. The molecule has 19 heavy (non-hydrogen) atoms. The van der Waals surface area contributed by atoms with E-state index in [0.717, 1.165) is 5.76 Å².